The van der Waals surface area contributed by atoms with E-state index in [1.807, 2.05) is 13.8 Å². The third kappa shape index (κ3) is 5.17. The van der Waals surface area contributed by atoms with E-state index in [-0.39, 0.29) is 18.3 Å². The first-order chi connectivity index (χ1) is 15.1. The molecule has 3 aromatic rings. The molecule has 0 unspecified atom stereocenters. The van der Waals surface area contributed by atoms with Crippen LogP contribution in [0.5, 0.6) is 0 Å². The molecule has 0 aliphatic carbocycles. The first-order valence-corrected chi connectivity index (χ1v) is 11.2. The van der Waals surface area contributed by atoms with Crippen LogP contribution in [0.4, 0.5) is 14.6 Å². The maximum Gasteiger partial charge on any atom is 0.328 e. The van der Waals surface area contributed by atoms with Crippen LogP contribution in [0.25, 0.3) is 10.9 Å². The first-order valence-electron chi connectivity index (χ1n) is 9.67. The molecule has 170 valence electrons. The number of benzene rings is 2. The molecule has 1 atom stereocenters. The first kappa shape index (κ1) is 23.5. The number of nitrogens with zero attached hydrogens (tertiary/aromatic N) is 2. The van der Waals surface area contributed by atoms with E-state index < -0.39 is 38.6 Å². The summed E-state index contributed by atoms with van der Waals surface area (Å²) in [5.41, 5.74) is 0.527. The van der Waals surface area contributed by atoms with Crippen LogP contribution < -0.4 is 10.0 Å². The van der Waals surface area contributed by atoms with Gasteiger partial charge in [0, 0.05) is 5.39 Å². The van der Waals surface area contributed by atoms with E-state index in [1.165, 1.54) is 7.11 Å². The van der Waals surface area contributed by atoms with E-state index in [4.69, 9.17) is 4.74 Å². The molecule has 0 aliphatic heterocycles. The van der Waals surface area contributed by atoms with Crippen molar-refractivity contribution in [1.29, 1.82) is 0 Å². The van der Waals surface area contributed by atoms with Gasteiger partial charge in [-0.2, -0.15) is 0 Å². The summed E-state index contributed by atoms with van der Waals surface area (Å²) in [6, 6.07) is 8.62. The summed E-state index contributed by atoms with van der Waals surface area (Å²) in [7, 11) is -2.86. The summed E-state index contributed by atoms with van der Waals surface area (Å²) in [4.78, 5) is 20.5. The highest BCUT2D eigenvalue weighted by Crippen LogP contribution is 2.23. The molecule has 32 heavy (non-hydrogen) atoms. The number of ether oxygens (including phenoxy) is 1. The Kier molecular flexibility index (Phi) is 6.99. The van der Waals surface area contributed by atoms with E-state index in [0.29, 0.717) is 22.8 Å². The second-order valence-corrected chi connectivity index (χ2v) is 9.06. The zero-order valence-electron chi connectivity index (χ0n) is 17.6. The topological polar surface area (TPSA) is 110 Å². The summed E-state index contributed by atoms with van der Waals surface area (Å²) in [5.74, 6) is -2.56. The third-order valence-corrected chi connectivity index (χ3v) is 6.08. The number of fused-ring (bicyclic) bond motifs is 1. The maximum atomic E-state index is 13.4. The Bertz CT molecular complexity index is 1250. The smallest absolute Gasteiger partial charge is 0.328 e. The zero-order chi connectivity index (χ0) is 23.5. The average Bonchev–Trinajstić information content (AvgIpc) is 2.77. The molecular formula is C21H22F2N4O4S. The number of esters is 1. The second-order valence-electron chi connectivity index (χ2n) is 7.30. The van der Waals surface area contributed by atoms with Crippen molar-refractivity contribution in [1.82, 2.24) is 14.7 Å². The summed E-state index contributed by atoms with van der Waals surface area (Å²) >= 11 is 0. The van der Waals surface area contributed by atoms with Gasteiger partial charge in [-0.05, 0) is 36.2 Å². The summed E-state index contributed by atoms with van der Waals surface area (Å²) in [5, 5.41) is 3.69. The van der Waals surface area contributed by atoms with E-state index in [0.717, 1.165) is 12.1 Å². The number of halogens is 2. The molecule has 0 saturated carbocycles. The van der Waals surface area contributed by atoms with Gasteiger partial charge in [0.05, 0.1) is 24.1 Å². The van der Waals surface area contributed by atoms with Gasteiger partial charge in [0.15, 0.2) is 11.6 Å². The average molecular weight is 464 g/mol. The molecule has 0 aliphatic rings. The van der Waals surface area contributed by atoms with Gasteiger partial charge in [-0.15, -0.1) is 0 Å². The van der Waals surface area contributed by atoms with Crippen LogP contribution in [0.3, 0.4) is 0 Å². The van der Waals surface area contributed by atoms with E-state index in [1.54, 1.807) is 24.3 Å². The molecule has 11 heteroatoms. The van der Waals surface area contributed by atoms with Crippen molar-refractivity contribution in [2.45, 2.75) is 31.3 Å². The van der Waals surface area contributed by atoms with Crippen molar-refractivity contribution in [3.05, 3.63) is 59.9 Å². The van der Waals surface area contributed by atoms with Gasteiger partial charge >= 0.3 is 5.97 Å². The predicted molar refractivity (Wildman–Crippen MR) is 114 cm³/mol. The number of sulfonamides is 1. The number of hydrogen-bond acceptors (Lipinski definition) is 7. The molecule has 0 bridgehead atoms. The number of nitrogens with one attached hydrogen (secondary N) is 2. The highest BCUT2D eigenvalue weighted by Gasteiger charge is 2.25. The van der Waals surface area contributed by atoms with Crippen LogP contribution in [0.15, 0.2) is 47.4 Å². The Hall–Kier alpha value is -3.18. The van der Waals surface area contributed by atoms with Crippen molar-refractivity contribution in [2.24, 2.45) is 5.92 Å². The Morgan fingerprint density at radius 1 is 1.09 bits per heavy atom. The van der Waals surface area contributed by atoms with Gasteiger partial charge in [-0.25, -0.2) is 36.7 Å². The molecule has 0 fully saturated rings. The van der Waals surface area contributed by atoms with Crippen LogP contribution in [0.1, 0.15) is 19.7 Å². The van der Waals surface area contributed by atoms with Gasteiger partial charge < -0.3 is 10.1 Å². The summed E-state index contributed by atoms with van der Waals surface area (Å²) in [6.07, 6.45) is 0. The minimum atomic E-state index is -4.15. The minimum Gasteiger partial charge on any atom is -0.467 e. The quantitative estimate of drug-likeness (QED) is 0.493. The number of aromatic nitrogens is 2. The minimum absolute atomic E-state index is 0.115. The van der Waals surface area contributed by atoms with Crippen LogP contribution in [-0.4, -0.2) is 37.5 Å². The van der Waals surface area contributed by atoms with Crippen LogP contribution in [-0.2, 0) is 26.1 Å². The van der Waals surface area contributed by atoms with Crippen molar-refractivity contribution in [3.63, 3.8) is 0 Å². The van der Waals surface area contributed by atoms with Crippen molar-refractivity contribution < 1.29 is 26.7 Å². The zero-order valence-corrected chi connectivity index (χ0v) is 18.4. The maximum absolute atomic E-state index is 13.4. The lowest BCUT2D eigenvalue weighted by molar-refractivity contribution is -0.142. The molecule has 2 aromatic carbocycles. The fourth-order valence-electron chi connectivity index (χ4n) is 2.97. The normalized spacial score (nSPS) is 12.7. The second kappa shape index (κ2) is 9.53. The fraction of sp³-hybridized carbons (Fsp3) is 0.286. The van der Waals surface area contributed by atoms with Crippen molar-refractivity contribution in [2.75, 3.05) is 12.4 Å². The van der Waals surface area contributed by atoms with E-state index in [9.17, 15) is 22.0 Å². The van der Waals surface area contributed by atoms with Gasteiger partial charge in [0.25, 0.3) is 0 Å². The van der Waals surface area contributed by atoms with Crippen molar-refractivity contribution >= 4 is 32.7 Å². The lowest BCUT2D eigenvalue weighted by Crippen LogP contribution is -2.36. The number of anilines is 1. The number of methoxy groups -OCH3 is 1. The molecule has 1 heterocycles. The van der Waals surface area contributed by atoms with Gasteiger partial charge in [-0.1, -0.05) is 26.0 Å². The number of rotatable bonds is 8. The monoisotopic (exact) mass is 464 g/mol. The third-order valence-electron chi connectivity index (χ3n) is 4.69. The van der Waals surface area contributed by atoms with Crippen LogP contribution >= 0.6 is 0 Å². The predicted octanol–water partition coefficient (Wildman–Crippen LogP) is 3.00. The number of para-hydroxylation sites is 1. The highest BCUT2D eigenvalue weighted by molar-refractivity contribution is 7.89. The van der Waals surface area contributed by atoms with E-state index in [2.05, 4.69) is 20.0 Å². The SMILES string of the molecule is COC(=O)[C@@H](Nc1nc(CNS(=O)(=O)c2ccc(F)c(F)c2)nc2ccccc12)C(C)C. The fourth-order valence-corrected chi connectivity index (χ4v) is 3.96. The van der Waals surface area contributed by atoms with Crippen LogP contribution in [0, 0.1) is 17.6 Å². The molecule has 2 N–H and O–H groups in total. The number of carbonyl (C=O) groups excluding carboxylic acids is 1. The molecule has 0 spiro atoms. The molecular weight excluding hydrogens is 442 g/mol. The van der Waals surface area contributed by atoms with Gasteiger partial charge in [0.1, 0.15) is 17.7 Å². The Morgan fingerprint density at radius 2 is 1.81 bits per heavy atom. The lowest BCUT2D eigenvalue weighted by Gasteiger charge is -2.21. The highest BCUT2D eigenvalue weighted by atomic mass is 32.2. The lowest BCUT2D eigenvalue weighted by atomic mass is 10.0. The van der Waals surface area contributed by atoms with E-state index >= 15 is 0 Å². The Morgan fingerprint density at radius 3 is 2.47 bits per heavy atom. The number of carbonyl (C=O) groups is 1. The largest absolute Gasteiger partial charge is 0.467 e. The van der Waals surface area contributed by atoms with Gasteiger partial charge in [-0.3, -0.25) is 0 Å². The molecule has 0 saturated heterocycles. The molecule has 0 amide bonds. The molecule has 0 radical (unpaired) electrons. The standard InChI is InChI=1S/C21H22F2N4O4S/c1-12(2)19(21(28)31-3)27-20-14-6-4-5-7-17(14)25-18(26-20)11-24-32(29,30)13-8-9-15(22)16(23)10-13/h4-10,12,19,24H,11H2,1-3H3,(H,25,26,27)/t19-/m0/s1. The molecule has 1 aromatic heterocycles. The van der Waals surface area contributed by atoms with Crippen LogP contribution in [0.2, 0.25) is 0 Å². The number of hydrogen-bond donors (Lipinski definition) is 2. The van der Waals surface area contributed by atoms with Gasteiger partial charge in [0.2, 0.25) is 10.0 Å². The Labute approximate surface area is 184 Å². The summed E-state index contributed by atoms with van der Waals surface area (Å²) < 4.78 is 58.7. The summed E-state index contributed by atoms with van der Waals surface area (Å²) in [6.45, 7) is 3.37. The molecule has 8 nitrogen and oxygen atoms in total. The molecule has 3 rings (SSSR count). The Balaban J connectivity index is 1.92. The van der Waals surface area contributed by atoms with Crippen molar-refractivity contribution in [3.8, 4) is 0 Å².